The van der Waals surface area contributed by atoms with E-state index in [0.717, 1.165) is 5.69 Å². The van der Waals surface area contributed by atoms with Crippen molar-refractivity contribution in [1.82, 2.24) is 10.3 Å². The molecule has 1 unspecified atom stereocenters. The molecule has 0 aliphatic carbocycles. The Morgan fingerprint density at radius 1 is 1.50 bits per heavy atom. The molecule has 1 atom stereocenters. The first-order valence-corrected chi connectivity index (χ1v) is 5.73. The maximum atomic E-state index is 11.7. The number of carbonyl (C=O) groups is 1. The van der Waals surface area contributed by atoms with Gasteiger partial charge in [0.2, 0.25) is 5.91 Å². The molecular weight excluding hydrogens is 232 g/mol. The number of aliphatic hydroxyl groups is 1. The number of amides is 1. The van der Waals surface area contributed by atoms with Crippen molar-refractivity contribution < 1.29 is 14.3 Å². The number of hydrogen-bond donors (Lipinski definition) is 3. The number of H-pyrrole nitrogens is 1. The molecule has 1 amide bonds. The van der Waals surface area contributed by atoms with Gasteiger partial charge in [-0.25, -0.2) is 0 Å². The molecule has 5 heteroatoms. The number of rotatable bonds is 5. The molecule has 0 saturated heterocycles. The van der Waals surface area contributed by atoms with E-state index >= 15 is 0 Å². The van der Waals surface area contributed by atoms with Crippen molar-refractivity contribution in [3.63, 3.8) is 0 Å². The molecule has 18 heavy (non-hydrogen) atoms. The fourth-order valence-corrected chi connectivity index (χ4v) is 1.66. The van der Waals surface area contributed by atoms with Crippen molar-refractivity contribution in [2.75, 3.05) is 6.54 Å². The first-order chi connectivity index (χ1) is 8.58. The summed E-state index contributed by atoms with van der Waals surface area (Å²) in [5, 5.41) is 12.8. The highest BCUT2D eigenvalue weighted by Crippen LogP contribution is 2.19. The van der Waals surface area contributed by atoms with E-state index in [-0.39, 0.29) is 18.9 Å². The predicted molar refractivity (Wildman–Crippen MR) is 65.8 cm³/mol. The third-order valence-corrected chi connectivity index (χ3v) is 2.70. The molecule has 2 rings (SSSR count). The second-order valence-corrected chi connectivity index (χ2v) is 4.40. The molecule has 0 saturated carbocycles. The van der Waals surface area contributed by atoms with Crippen LogP contribution in [0.25, 0.3) is 0 Å². The molecule has 3 N–H and O–H groups in total. The zero-order valence-electron chi connectivity index (χ0n) is 10.1. The fourth-order valence-electron chi connectivity index (χ4n) is 1.66. The third kappa shape index (κ3) is 3.01. The number of nitrogens with one attached hydrogen (secondary N) is 2. The largest absolute Gasteiger partial charge is 0.466 e. The number of aromatic amines is 1. The zero-order valence-corrected chi connectivity index (χ0v) is 10.1. The summed E-state index contributed by atoms with van der Waals surface area (Å²) in [5.41, 5.74) is -0.361. The van der Waals surface area contributed by atoms with Crippen LogP contribution in [0.3, 0.4) is 0 Å². The van der Waals surface area contributed by atoms with Gasteiger partial charge in [0, 0.05) is 11.9 Å². The van der Waals surface area contributed by atoms with Gasteiger partial charge in [-0.15, -0.1) is 0 Å². The summed E-state index contributed by atoms with van der Waals surface area (Å²) in [7, 11) is 0. The van der Waals surface area contributed by atoms with Gasteiger partial charge in [-0.1, -0.05) is 0 Å². The van der Waals surface area contributed by atoms with Crippen LogP contribution in [0.15, 0.2) is 41.1 Å². The number of aromatic nitrogens is 1. The summed E-state index contributed by atoms with van der Waals surface area (Å²) in [4.78, 5) is 14.6. The lowest BCUT2D eigenvalue weighted by Gasteiger charge is -2.21. The maximum absolute atomic E-state index is 11.7. The highest BCUT2D eigenvalue weighted by molar-refractivity contribution is 5.78. The van der Waals surface area contributed by atoms with E-state index in [1.165, 1.54) is 6.26 Å². The fraction of sp³-hybridized carbons (Fsp3) is 0.308. The zero-order chi connectivity index (χ0) is 13.0. The summed E-state index contributed by atoms with van der Waals surface area (Å²) in [6, 6.07) is 7.05. The van der Waals surface area contributed by atoms with Crippen molar-refractivity contribution in [1.29, 1.82) is 0 Å². The molecule has 0 aliphatic heterocycles. The van der Waals surface area contributed by atoms with Crippen molar-refractivity contribution >= 4 is 5.91 Å². The summed E-state index contributed by atoms with van der Waals surface area (Å²) in [6.07, 6.45) is 3.52. The second-order valence-electron chi connectivity index (χ2n) is 4.40. The Hall–Kier alpha value is -2.01. The highest BCUT2D eigenvalue weighted by Gasteiger charge is 2.26. The molecule has 0 bridgehead atoms. The lowest BCUT2D eigenvalue weighted by molar-refractivity contribution is -0.121. The molecule has 2 aromatic rings. The standard InChI is InChI=1S/C13H16N2O3/c1-13(17,11-5-3-7-18-11)9-15-12(16)8-10-4-2-6-14-10/h2-7,14,17H,8-9H2,1H3,(H,15,16). The monoisotopic (exact) mass is 248 g/mol. The topological polar surface area (TPSA) is 78.3 Å². The molecule has 2 aromatic heterocycles. The number of carbonyl (C=O) groups excluding carboxylic acids is 1. The van der Waals surface area contributed by atoms with Crippen molar-refractivity contribution in [3.05, 3.63) is 48.2 Å². The van der Waals surface area contributed by atoms with E-state index in [1.54, 1.807) is 25.3 Å². The predicted octanol–water partition coefficient (Wildman–Crippen LogP) is 1.17. The molecule has 0 fully saturated rings. The van der Waals surface area contributed by atoms with E-state index in [0.29, 0.717) is 5.76 Å². The summed E-state index contributed by atoms with van der Waals surface area (Å²) >= 11 is 0. The van der Waals surface area contributed by atoms with Gasteiger partial charge in [0.1, 0.15) is 11.4 Å². The van der Waals surface area contributed by atoms with E-state index < -0.39 is 5.60 Å². The molecule has 0 aromatic carbocycles. The quantitative estimate of drug-likeness (QED) is 0.743. The molecule has 0 spiro atoms. The Bertz CT molecular complexity index is 486. The minimum Gasteiger partial charge on any atom is -0.466 e. The molecular formula is C13H16N2O3. The van der Waals surface area contributed by atoms with E-state index in [2.05, 4.69) is 10.3 Å². The first-order valence-electron chi connectivity index (χ1n) is 5.73. The van der Waals surface area contributed by atoms with Gasteiger partial charge >= 0.3 is 0 Å². The lowest BCUT2D eigenvalue weighted by atomic mass is 10.0. The van der Waals surface area contributed by atoms with E-state index in [9.17, 15) is 9.90 Å². The average molecular weight is 248 g/mol. The minimum atomic E-state index is -1.20. The summed E-state index contributed by atoms with van der Waals surface area (Å²) in [6.45, 7) is 1.71. The van der Waals surface area contributed by atoms with Gasteiger partial charge in [0.15, 0.2) is 0 Å². The molecule has 2 heterocycles. The van der Waals surface area contributed by atoms with Gasteiger partial charge in [0.25, 0.3) is 0 Å². The Morgan fingerprint density at radius 2 is 2.33 bits per heavy atom. The van der Waals surface area contributed by atoms with Crippen molar-refractivity contribution in [3.8, 4) is 0 Å². The van der Waals surface area contributed by atoms with Crippen LogP contribution in [-0.4, -0.2) is 22.5 Å². The van der Waals surface area contributed by atoms with Crippen LogP contribution >= 0.6 is 0 Å². The average Bonchev–Trinajstić information content (AvgIpc) is 2.99. The molecule has 0 radical (unpaired) electrons. The first kappa shape index (κ1) is 12.4. The summed E-state index contributed by atoms with van der Waals surface area (Å²) in [5.74, 6) is 0.284. The van der Waals surface area contributed by atoms with Crippen LogP contribution in [0.5, 0.6) is 0 Å². The van der Waals surface area contributed by atoms with Crippen LogP contribution in [-0.2, 0) is 16.8 Å². The van der Waals surface area contributed by atoms with E-state index in [4.69, 9.17) is 4.42 Å². The van der Waals surface area contributed by atoms with Crippen molar-refractivity contribution in [2.24, 2.45) is 0 Å². The van der Waals surface area contributed by atoms with Crippen LogP contribution < -0.4 is 5.32 Å². The Morgan fingerprint density at radius 3 is 2.94 bits per heavy atom. The van der Waals surface area contributed by atoms with Crippen LogP contribution in [0, 0.1) is 0 Å². The van der Waals surface area contributed by atoms with Gasteiger partial charge in [0.05, 0.1) is 19.2 Å². The Kier molecular flexibility index (Phi) is 3.53. The van der Waals surface area contributed by atoms with Gasteiger partial charge in [-0.3, -0.25) is 4.79 Å². The van der Waals surface area contributed by atoms with Gasteiger partial charge in [-0.2, -0.15) is 0 Å². The summed E-state index contributed by atoms with van der Waals surface area (Å²) < 4.78 is 5.13. The Labute approximate surface area is 105 Å². The number of hydrogen-bond acceptors (Lipinski definition) is 3. The lowest BCUT2D eigenvalue weighted by Crippen LogP contribution is -2.39. The van der Waals surface area contributed by atoms with Crippen LogP contribution in [0.4, 0.5) is 0 Å². The van der Waals surface area contributed by atoms with Gasteiger partial charge in [-0.05, 0) is 31.2 Å². The molecule has 0 aliphatic rings. The normalized spacial score (nSPS) is 14.1. The molecule has 96 valence electrons. The third-order valence-electron chi connectivity index (χ3n) is 2.70. The minimum absolute atomic E-state index is 0.111. The van der Waals surface area contributed by atoms with E-state index in [1.807, 2.05) is 12.1 Å². The maximum Gasteiger partial charge on any atom is 0.226 e. The van der Waals surface area contributed by atoms with Crippen LogP contribution in [0.2, 0.25) is 0 Å². The molecule has 5 nitrogen and oxygen atoms in total. The highest BCUT2D eigenvalue weighted by atomic mass is 16.4. The van der Waals surface area contributed by atoms with Gasteiger partial charge < -0.3 is 19.8 Å². The Balaban J connectivity index is 1.86. The van der Waals surface area contributed by atoms with Crippen molar-refractivity contribution in [2.45, 2.75) is 18.9 Å². The SMILES string of the molecule is CC(O)(CNC(=O)Cc1ccc[nH]1)c1ccco1. The smallest absolute Gasteiger partial charge is 0.226 e. The number of furan rings is 1. The second kappa shape index (κ2) is 5.10. The van der Waals surface area contributed by atoms with Crippen LogP contribution in [0.1, 0.15) is 18.4 Å².